The fourth-order valence-corrected chi connectivity index (χ4v) is 3.70. The molecule has 0 fully saturated rings. The molecule has 24 heavy (non-hydrogen) atoms. The Morgan fingerprint density at radius 3 is 2.58 bits per heavy atom. The molecule has 0 saturated carbocycles. The van der Waals surface area contributed by atoms with Crippen LogP contribution in [0.5, 0.6) is 0 Å². The third kappa shape index (κ3) is 3.08. The number of carbonyl (C=O) groups is 2. The van der Waals surface area contributed by atoms with Gasteiger partial charge < -0.3 is 10.2 Å². The van der Waals surface area contributed by atoms with Crippen molar-refractivity contribution in [2.75, 3.05) is 16.8 Å². The van der Waals surface area contributed by atoms with Gasteiger partial charge in [0, 0.05) is 23.5 Å². The summed E-state index contributed by atoms with van der Waals surface area (Å²) in [5.74, 6) is -0.179. The van der Waals surface area contributed by atoms with E-state index in [0.717, 1.165) is 33.3 Å². The SMILES string of the molecule is CC(=O)Nc1cc(Br)cc2c1N(C(=O)c1ccc(C)cc1C)CC2. The summed E-state index contributed by atoms with van der Waals surface area (Å²) in [4.78, 5) is 26.4. The molecule has 2 aromatic carbocycles. The summed E-state index contributed by atoms with van der Waals surface area (Å²) < 4.78 is 0.894. The zero-order chi connectivity index (χ0) is 17.4. The highest BCUT2D eigenvalue weighted by molar-refractivity contribution is 9.10. The van der Waals surface area contributed by atoms with Gasteiger partial charge in [0.1, 0.15) is 0 Å². The Labute approximate surface area is 150 Å². The Morgan fingerprint density at radius 1 is 1.17 bits per heavy atom. The predicted molar refractivity (Wildman–Crippen MR) is 99.7 cm³/mol. The Kier molecular flexibility index (Phi) is 4.45. The van der Waals surface area contributed by atoms with Gasteiger partial charge in [-0.05, 0) is 49.6 Å². The maximum atomic E-state index is 13.1. The average Bonchev–Trinajstić information content (AvgIpc) is 2.89. The van der Waals surface area contributed by atoms with Gasteiger partial charge in [-0.15, -0.1) is 0 Å². The van der Waals surface area contributed by atoms with Crippen LogP contribution in [0.2, 0.25) is 0 Å². The van der Waals surface area contributed by atoms with Crippen molar-refractivity contribution in [3.63, 3.8) is 0 Å². The lowest BCUT2D eigenvalue weighted by Crippen LogP contribution is -2.30. The average molecular weight is 387 g/mol. The minimum absolute atomic E-state index is 0.0276. The fourth-order valence-electron chi connectivity index (χ4n) is 3.20. The van der Waals surface area contributed by atoms with Gasteiger partial charge in [-0.3, -0.25) is 9.59 Å². The molecule has 2 aromatic rings. The van der Waals surface area contributed by atoms with E-state index in [4.69, 9.17) is 0 Å². The van der Waals surface area contributed by atoms with Gasteiger partial charge in [0.2, 0.25) is 5.91 Å². The van der Waals surface area contributed by atoms with Gasteiger partial charge in [-0.25, -0.2) is 0 Å². The van der Waals surface area contributed by atoms with E-state index >= 15 is 0 Å². The highest BCUT2D eigenvalue weighted by Crippen LogP contribution is 2.39. The van der Waals surface area contributed by atoms with E-state index in [9.17, 15) is 9.59 Å². The van der Waals surface area contributed by atoms with E-state index in [1.807, 2.05) is 44.2 Å². The number of nitrogens with zero attached hydrogens (tertiary/aromatic N) is 1. The van der Waals surface area contributed by atoms with Crippen LogP contribution in [0.3, 0.4) is 0 Å². The topological polar surface area (TPSA) is 49.4 Å². The highest BCUT2D eigenvalue weighted by Gasteiger charge is 2.29. The normalized spacial score (nSPS) is 12.9. The molecule has 1 heterocycles. The van der Waals surface area contributed by atoms with E-state index in [1.165, 1.54) is 6.92 Å². The number of rotatable bonds is 2. The van der Waals surface area contributed by atoms with E-state index in [1.54, 1.807) is 4.90 Å². The molecule has 1 N–H and O–H groups in total. The van der Waals surface area contributed by atoms with Crippen molar-refractivity contribution in [1.82, 2.24) is 0 Å². The zero-order valence-electron chi connectivity index (χ0n) is 13.9. The largest absolute Gasteiger partial charge is 0.324 e. The molecule has 0 saturated heterocycles. The molecule has 0 atom stereocenters. The molecule has 0 aliphatic carbocycles. The molecule has 0 unspecified atom stereocenters. The van der Waals surface area contributed by atoms with Gasteiger partial charge >= 0.3 is 0 Å². The van der Waals surface area contributed by atoms with Crippen LogP contribution in [0.25, 0.3) is 0 Å². The number of halogens is 1. The predicted octanol–water partition coefficient (Wildman–Crippen LogP) is 4.23. The summed E-state index contributed by atoms with van der Waals surface area (Å²) in [5.41, 5.74) is 5.33. The van der Waals surface area contributed by atoms with Crippen LogP contribution in [0.4, 0.5) is 11.4 Å². The second kappa shape index (κ2) is 6.40. The molecule has 124 valence electrons. The van der Waals surface area contributed by atoms with Crippen molar-refractivity contribution in [3.8, 4) is 0 Å². The minimum Gasteiger partial charge on any atom is -0.324 e. The van der Waals surface area contributed by atoms with Crippen LogP contribution in [-0.2, 0) is 11.2 Å². The molecular formula is C19H19BrN2O2. The van der Waals surface area contributed by atoms with Crippen LogP contribution >= 0.6 is 15.9 Å². The Bertz CT molecular complexity index is 846. The first-order valence-electron chi connectivity index (χ1n) is 7.86. The molecule has 1 aliphatic rings. The molecule has 5 heteroatoms. The molecule has 4 nitrogen and oxygen atoms in total. The molecule has 0 spiro atoms. The van der Waals surface area contributed by atoms with Crippen LogP contribution in [0, 0.1) is 13.8 Å². The number of hydrogen-bond acceptors (Lipinski definition) is 2. The van der Waals surface area contributed by atoms with E-state index in [-0.39, 0.29) is 11.8 Å². The number of aryl methyl sites for hydroxylation is 2. The van der Waals surface area contributed by atoms with Gasteiger partial charge in [0.15, 0.2) is 0 Å². The van der Waals surface area contributed by atoms with Crippen molar-refractivity contribution in [1.29, 1.82) is 0 Å². The summed E-state index contributed by atoms with van der Waals surface area (Å²) in [7, 11) is 0. The number of amides is 2. The van der Waals surface area contributed by atoms with Gasteiger partial charge in [0.25, 0.3) is 5.91 Å². The number of hydrogen-bond donors (Lipinski definition) is 1. The first-order chi connectivity index (χ1) is 11.4. The molecule has 1 aliphatic heterocycles. The van der Waals surface area contributed by atoms with Crippen LogP contribution in [0.1, 0.15) is 34.0 Å². The molecule has 0 bridgehead atoms. The zero-order valence-corrected chi connectivity index (χ0v) is 15.5. The number of carbonyl (C=O) groups excluding carboxylic acids is 2. The third-order valence-corrected chi connectivity index (χ3v) is 4.65. The molecule has 2 amide bonds. The molecule has 0 radical (unpaired) electrons. The highest BCUT2D eigenvalue weighted by atomic mass is 79.9. The van der Waals surface area contributed by atoms with Crippen LogP contribution in [-0.4, -0.2) is 18.4 Å². The second-order valence-corrected chi connectivity index (χ2v) is 7.08. The quantitative estimate of drug-likeness (QED) is 0.839. The molecule has 0 aromatic heterocycles. The Hall–Kier alpha value is -2.14. The monoisotopic (exact) mass is 386 g/mol. The second-order valence-electron chi connectivity index (χ2n) is 6.17. The summed E-state index contributed by atoms with van der Waals surface area (Å²) >= 11 is 3.47. The maximum absolute atomic E-state index is 13.1. The van der Waals surface area contributed by atoms with E-state index < -0.39 is 0 Å². The lowest BCUT2D eigenvalue weighted by atomic mass is 10.0. The molecular weight excluding hydrogens is 368 g/mol. The minimum atomic E-state index is -0.152. The van der Waals surface area contributed by atoms with Crippen LogP contribution < -0.4 is 10.2 Å². The summed E-state index contributed by atoms with van der Waals surface area (Å²) in [5, 5.41) is 2.84. The van der Waals surface area contributed by atoms with Crippen molar-refractivity contribution in [2.24, 2.45) is 0 Å². The van der Waals surface area contributed by atoms with Crippen molar-refractivity contribution < 1.29 is 9.59 Å². The number of fused-ring (bicyclic) bond motifs is 1. The van der Waals surface area contributed by atoms with Crippen molar-refractivity contribution >= 4 is 39.1 Å². The lowest BCUT2D eigenvalue weighted by molar-refractivity contribution is -0.114. The van der Waals surface area contributed by atoms with Crippen LogP contribution in [0.15, 0.2) is 34.8 Å². The number of benzene rings is 2. The number of anilines is 2. The Balaban J connectivity index is 2.05. The first-order valence-corrected chi connectivity index (χ1v) is 8.65. The summed E-state index contributed by atoms with van der Waals surface area (Å²) in [6.45, 7) is 6.05. The van der Waals surface area contributed by atoms with E-state index in [2.05, 4.69) is 21.2 Å². The third-order valence-electron chi connectivity index (χ3n) is 4.20. The van der Waals surface area contributed by atoms with Gasteiger partial charge in [-0.2, -0.15) is 0 Å². The standard InChI is InChI=1S/C19H19BrN2O2/c1-11-4-5-16(12(2)8-11)19(24)22-7-6-14-9-15(20)10-17(18(14)22)21-13(3)23/h4-5,8-10H,6-7H2,1-3H3,(H,21,23). The van der Waals surface area contributed by atoms with Gasteiger partial charge in [-0.1, -0.05) is 33.6 Å². The lowest BCUT2D eigenvalue weighted by Gasteiger charge is -2.22. The van der Waals surface area contributed by atoms with Crippen molar-refractivity contribution in [3.05, 3.63) is 57.1 Å². The Morgan fingerprint density at radius 2 is 1.92 bits per heavy atom. The van der Waals surface area contributed by atoms with Crippen molar-refractivity contribution in [2.45, 2.75) is 27.2 Å². The molecule has 3 rings (SSSR count). The summed E-state index contributed by atoms with van der Waals surface area (Å²) in [6.07, 6.45) is 0.776. The smallest absolute Gasteiger partial charge is 0.258 e. The maximum Gasteiger partial charge on any atom is 0.258 e. The van der Waals surface area contributed by atoms with Gasteiger partial charge in [0.05, 0.1) is 11.4 Å². The fraction of sp³-hybridized carbons (Fsp3) is 0.263. The van der Waals surface area contributed by atoms with E-state index in [0.29, 0.717) is 17.8 Å². The first kappa shape index (κ1) is 16.7. The summed E-state index contributed by atoms with van der Waals surface area (Å²) in [6, 6.07) is 9.69. The number of nitrogens with one attached hydrogen (secondary N) is 1.